The Hall–Kier alpha value is -3.27. The van der Waals surface area contributed by atoms with Crippen LogP contribution in [0.3, 0.4) is 0 Å². The first-order chi connectivity index (χ1) is 15.0. The quantitative estimate of drug-likeness (QED) is 0.648. The van der Waals surface area contributed by atoms with Gasteiger partial charge in [-0.1, -0.05) is 30.3 Å². The zero-order valence-electron chi connectivity index (χ0n) is 17.6. The lowest BCUT2D eigenvalue weighted by molar-refractivity contribution is 0.0724. The second-order valence-electron chi connectivity index (χ2n) is 8.87. The van der Waals surface area contributed by atoms with E-state index in [0.717, 1.165) is 61.0 Å². The third-order valence-corrected chi connectivity index (χ3v) is 6.88. The van der Waals surface area contributed by atoms with E-state index in [1.54, 1.807) is 12.1 Å². The molecule has 1 saturated heterocycles. The maximum Gasteiger partial charge on any atom is 0.253 e. The molecule has 0 radical (unpaired) electrons. The average Bonchev–Trinajstić information content (AvgIpc) is 3.19. The number of rotatable bonds is 3. The van der Waals surface area contributed by atoms with Gasteiger partial charge in [-0.3, -0.25) is 4.79 Å². The average molecular weight is 414 g/mol. The van der Waals surface area contributed by atoms with Crippen molar-refractivity contribution in [1.29, 1.82) is 0 Å². The second-order valence-corrected chi connectivity index (χ2v) is 8.87. The van der Waals surface area contributed by atoms with E-state index in [9.17, 15) is 15.0 Å². The van der Waals surface area contributed by atoms with Gasteiger partial charge >= 0.3 is 0 Å². The first kappa shape index (κ1) is 19.7. The van der Waals surface area contributed by atoms with Gasteiger partial charge in [-0.2, -0.15) is 0 Å². The molecule has 0 unspecified atom stereocenters. The Kier molecular flexibility index (Phi) is 4.93. The SMILES string of the molecule is O=C(c1ccc2c(c1)CC(c1cccc(O)c1)(c1cccc(O)c1)C2)N1CCCCC1. The second kappa shape index (κ2) is 7.77. The van der Waals surface area contributed by atoms with Crippen molar-refractivity contribution in [2.24, 2.45) is 0 Å². The van der Waals surface area contributed by atoms with Crippen LogP contribution in [-0.4, -0.2) is 34.1 Å². The van der Waals surface area contributed by atoms with Gasteiger partial charge in [0.05, 0.1) is 0 Å². The smallest absolute Gasteiger partial charge is 0.253 e. The van der Waals surface area contributed by atoms with Gasteiger partial charge < -0.3 is 15.1 Å². The molecule has 1 aliphatic heterocycles. The highest BCUT2D eigenvalue weighted by Gasteiger charge is 2.41. The number of piperidine rings is 1. The summed E-state index contributed by atoms with van der Waals surface area (Å²) in [5, 5.41) is 20.3. The number of carbonyl (C=O) groups excluding carboxylic acids is 1. The lowest BCUT2D eigenvalue weighted by Gasteiger charge is -2.31. The van der Waals surface area contributed by atoms with Crippen molar-refractivity contribution in [2.75, 3.05) is 13.1 Å². The molecule has 1 aliphatic carbocycles. The number of carbonyl (C=O) groups is 1. The molecule has 4 heteroatoms. The fourth-order valence-corrected chi connectivity index (χ4v) is 5.27. The molecule has 4 nitrogen and oxygen atoms in total. The van der Waals surface area contributed by atoms with Crippen LogP contribution in [0, 0.1) is 0 Å². The Morgan fingerprint density at radius 1 is 0.742 bits per heavy atom. The minimum Gasteiger partial charge on any atom is -0.508 e. The number of hydrogen-bond acceptors (Lipinski definition) is 3. The Morgan fingerprint density at radius 3 is 1.97 bits per heavy atom. The van der Waals surface area contributed by atoms with E-state index >= 15 is 0 Å². The lowest BCUT2D eigenvalue weighted by Crippen LogP contribution is -2.35. The van der Waals surface area contributed by atoms with E-state index in [1.807, 2.05) is 47.4 Å². The number of hydrogen-bond donors (Lipinski definition) is 2. The molecule has 2 N–H and O–H groups in total. The normalized spacial score (nSPS) is 17.4. The van der Waals surface area contributed by atoms with Crippen molar-refractivity contribution < 1.29 is 15.0 Å². The van der Waals surface area contributed by atoms with Crippen LogP contribution in [0.25, 0.3) is 0 Å². The number of nitrogens with zero attached hydrogens (tertiary/aromatic N) is 1. The van der Waals surface area contributed by atoms with Crippen molar-refractivity contribution in [3.63, 3.8) is 0 Å². The van der Waals surface area contributed by atoms with Crippen molar-refractivity contribution in [1.82, 2.24) is 4.90 Å². The zero-order chi connectivity index (χ0) is 21.4. The van der Waals surface area contributed by atoms with Crippen LogP contribution in [0.4, 0.5) is 0 Å². The molecule has 3 aromatic carbocycles. The fourth-order valence-electron chi connectivity index (χ4n) is 5.27. The molecule has 0 saturated carbocycles. The topological polar surface area (TPSA) is 60.8 Å². The van der Waals surface area contributed by atoms with Crippen molar-refractivity contribution in [2.45, 2.75) is 37.5 Å². The number of phenolic OH excluding ortho intramolecular Hbond substituents is 2. The van der Waals surface area contributed by atoms with Gasteiger partial charge in [-0.05, 0) is 90.8 Å². The summed E-state index contributed by atoms with van der Waals surface area (Å²) in [5.74, 6) is 0.581. The molecular weight excluding hydrogens is 386 g/mol. The van der Waals surface area contributed by atoms with Crippen LogP contribution in [0.5, 0.6) is 11.5 Å². The third kappa shape index (κ3) is 3.56. The van der Waals surface area contributed by atoms with Crippen LogP contribution in [-0.2, 0) is 18.3 Å². The summed E-state index contributed by atoms with van der Waals surface area (Å²) >= 11 is 0. The third-order valence-electron chi connectivity index (χ3n) is 6.88. The van der Waals surface area contributed by atoms with Crippen LogP contribution >= 0.6 is 0 Å². The first-order valence-corrected chi connectivity index (χ1v) is 11.1. The molecule has 1 heterocycles. The van der Waals surface area contributed by atoms with Gasteiger partial charge in [0, 0.05) is 24.1 Å². The maximum atomic E-state index is 13.1. The van der Waals surface area contributed by atoms with Crippen molar-refractivity contribution in [3.8, 4) is 11.5 Å². The Morgan fingerprint density at radius 2 is 1.35 bits per heavy atom. The molecule has 2 aliphatic rings. The molecule has 1 fully saturated rings. The molecule has 5 rings (SSSR count). The highest BCUT2D eigenvalue weighted by molar-refractivity contribution is 5.94. The summed E-state index contributed by atoms with van der Waals surface area (Å²) in [4.78, 5) is 15.0. The number of fused-ring (bicyclic) bond motifs is 1. The molecule has 31 heavy (non-hydrogen) atoms. The highest BCUT2D eigenvalue weighted by Crippen LogP contribution is 2.46. The Labute approximate surface area is 182 Å². The molecular formula is C27H27NO3. The van der Waals surface area contributed by atoms with Gasteiger partial charge in [0.15, 0.2) is 0 Å². The lowest BCUT2D eigenvalue weighted by atomic mass is 9.72. The summed E-state index contributed by atoms with van der Waals surface area (Å²) in [5.41, 5.74) is 4.75. The Balaban J connectivity index is 1.55. The molecule has 0 spiro atoms. The standard InChI is InChI=1S/C27H27NO3/c29-24-8-4-6-22(15-24)27(23-7-5-9-25(30)16-23)17-20-11-10-19(14-21(20)18-27)26(31)28-12-2-1-3-13-28/h4-11,14-16,29-30H,1-3,12-13,17-18H2. The molecule has 1 amide bonds. The molecule has 3 aromatic rings. The molecule has 0 aromatic heterocycles. The van der Waals surface area contributed by atoms with E-state index < -0.39 is 5.41 Å². The minimum atomic E-state index is -0.396. The van der Waals surface area contributed by atoms with Crippen LogP contribution < -0.4 is 0 Å². The summed E-state index contributed by atoms with van der Waals surface area (Å²) in [7, 11) is 0. The van der Waals surface area contributed by atoms with Gasteiger partial charge in [0.1, 0.15) is 11.5 Å². The predicted octanol–water partition coefficient (Wildman–Crippen LogP) is 4.81. The van der Waals surface area contributed by atoms with E-state index in [1.165, 1.54) is 12.0 Å². The van der Waals surface area contributed by atoms with E-state index in [4.69, 9.17) is 0 Å². The van der Waals surface area contributed by atoms with Gasteiger partial charge in [-0.25, -0.2) is 0 Å². The summed E-state index contributed by atoms with van der Waals surface area (Å²) in [6, 6.07) is 20.9. The summed E-state index contributed by atoms with van der Waals surface area (Å²) in [6.45, 7) is 1.68. The van der Waals surface area contributed by atoms with E-state index in [2.05, 4.69) is 12.1 Å². The first-order valence-electron chi connectivity index (χ1n) is 11.1. The number of amides is 1. The van der Waals surface area contributed by atoms with Crippen LogP contribution in [0.2, 0.25) is 0 Å². The zero-order valence-corrected chi connectivity index (χ0v) is 17.6. The van der Waals surface area contributed by atoms with Gasteiger partial charge in [0.2, 0.25) is 0 Å². The van der Waals surface area contributed by atoms with E-state index in [-0.39, 0.29) is 17.4 Å². The van der Waals surface area contributed by atoms with Crippen molar-refractivity contribution >= 4 is 5.91 Å². The molecule has 158 valence electrons. The number of phenols is 2. The Bertz CT molecular complexity index is 1090. The van der Waals surface area contributed by atoms with Crippen molar-refractivity contribution in [3.05, 3.63) is 94.5 Å². The predicted molar refractivity (Wildman–Crippen MR) is 121 cm³/mol. The number of likely N-dealkylation sites (tertiary alicyclic amines) is 1. The van der Waals surface area contributed by atoms with Crippen LogP contribution in [0.1, 0.15) is 51.9 Å². The minimum absolute atomic E-state index is 0.120. The summed E-state index contributed by atoms with van der Waals surface area (Å²) in [6.07, 6.45) is 4.83. The molecule has 0 atom stereocenters. The largest absolute Gasteiger partial charge is 0.508 e. The highest BCUT2D eigenvalue weighted by atomic mass is 16.3. The number of aromatic hydroxyl groups is 2. The molecule has 0 bridgehead atoms. The van der Waals surface area contributed by atoms with E-state index in [0.29, 0.717) is 0 Å². The summed E-state index contributed by atoms with van der Waals surface area (Å²) < 4.78 is 0. The van der Waals surface area contributed by atoms with Crippen LogP contribution in [0.15, 0.2) is 66.7 Å². The van der Waals surface area contributed by atoms with Gasteiger partial charge in [0.25, 0.3) is 5.91 Å². The number of benzene rings is 3. The monoisotopic (exact) mass is 413 g/mol. The van der Waals surface area contributed by atoms with Gasteiger partial charge in [-0.15, -0.1) is 0 Å². The fraction of sp³-hybridized carbons (Fsp3) is 0.296. The maximum absolute atomic E-state index is 13.1.